The summed E-state index contributed by atoms with van der Waals surface area (Å²) in [5.74, 6) is -7.70. The van der Waals surface area contributed by atoms with Crippen LogP contribution in [-0.2, 0) is 14.4 Å². The van der Waals surface area contributed by atoms with Crippen LogP contribution in [-0.4, -0.2) is 56.7 Å². The Kier molecular flexibility index (Phi) is 11.6. The zero-order valence-electron chi connectivity index (χ0n) is 15.0. The van der Waals surface area contributed by atoms with Crippen LogP contribution in [0.4, 0.5) is 45.3 Å². The molecule has 1 heterocycles. The number of carbonyl (C=O) groups is 3. The SMILES string of the molecule is Nc1cc2ccccc2cn1.O=C(O)C(F)(F)F.O=C(O)C(F)(F)F.O=C(O)C(F)(F)F. The predicted octanol–water partition coefficient (Wildman–Crippen LogP) is 3.72. The van der Waals surface area contributed by atoms with Gasteiger partial charge in [0.05, 0.1) is 0 Å². The second kappa shape index (κ2) is 12.2. The lowest BCUT2D eigenvalue weighted by molar-refractivity contribution is -0.193. The number of benzene rings is 1. The number of nitrogens with zero attached hydrogens (tertiary/aromatic N) is 1. The first-order valence-corrected chi connectivity index (χ1v) is 7.20. The summed E-state index contributed by atoms with van der Waals surface area (Å²) in [5, 5.41) is 23.6. The first-order chi connectivity index (χ1) is 14.2. The number of alkyl halides is 9. The molecule has 2 aromatic rings. The third kappa shape index (κ3) is 14.2. The number of aliphatic carboxylic acids is 3. The first kappa shape index (κ1) is 30.4. The van der Waals surface area contributed by atoms with Gasteiger partial charge in [0.15, 0.2) is 0 Å². The van der Waals surface area contributed by atoms with Gasteiger partial charge in [0.1, 0.15) is 5.82 Å². The molecule has 0 radical (unpaired) electrons. The fourth-order valence-electron chi connectivity index (χ4n) is 1.10. The molecule has 1 aromatic carbocycles. The molecule has 0 saturated heterocycles. The Morgan fingerprint density at radius 1 is 0.688 bits per heavy atom. The number of anilines is 1. The van der Waals surface area contributed by atoms with E-state index in [4.69, 9.17) is 35.4 Å². The van der Waals surface area contributed by atoms with Crippen molar-refractivity contribution in [2.75, 3.05) is 5.73 Å². The molecular weight excluding hydrogens is 475 g/mol. The van der Waals surface area contributed by atoms with Gasteiger partial charge in [-0.1, -0.05) is 24.3 Å². The summed E-state index contributed by atoms with van der Waals surface area (Å²) in [6.45, 7) is 0. The third-order valence-electron chi connectivity index (χ3n) is 2.38. The molecule has 5 N–H and O–H groups in total. The fraction of sp³-hybridized carbons (Fsp3) is 0.200. The molecule has 0 aliphatic heterocycles. The van der Waals surface area contributed by atoms with E-state index >= 15 is 0 Å². The van der Waals surface area contributed by atoms with Crippen molar-refractivity contribution >= 4 is 34.5 Å². The summed E-state index contributed by atoms with van der Waals surface area (Å²) in [6.07, 6.45) is -13.5. The number of aromatic nitrogens is 1. The number of fused-ring (bicyclic) bond motifs is 1. The molecule has 32 heavy (non-hydrogen) atoms. The molecule has 1 aromatic heterocycles. The van der Waals surface area contributed by atoms with E-state index in [2.05, 4.69) is 4.98 Å². The van der Waals surface area contributed by atoms with E-state index < -0.39 is 36.4 Å². The Labute approximate surface area is 170 Å². The zero-order chi connectivity index (χ0) is 25.9. The van der Waals surface area contributed by atoms with Crippen LogP contribution in [0.15, 0.2) is 36.5 Å². The molecule has 0 saturated carbocycles. The van der Waals surface area contributed by atoms with E-state index in [1.54, 1.807) is 6.20 Å². The topological polar surface area (TPSA) is 151 Å². The Balaban J connectivity index is 0. The number of hydrogen-bond donors (Lipinski definition) is 4. The molecule has 0 atom stereocenters. The quantitative estimate of drug-likeness (QED) is 0.412. The minimum absolute atomic E-state index is 0.573. The lowest BCUT2D eigenvalue weighted by Crippen LogP contribution is -2.21. The Bertz CT molecular complexity index is 854. The van der Waals surface area contributed by atoms with Crippen molar-refractivity contribution in [2.24, 2.45) is 0 Å². The van der Waals surface area contributed by atoms with Crippen LogP contribution < -0.4 is 5.73 Å². The van der Waals surface area contributed by atoms with Crippen molar-refractivity contribution in [3.8, 4) is 0 Å². The van der Waals surface area contributed by atoms with Gasteiger partial charge in [-0.15, -0.1) is 0 Å². The normalized spacial score (nSPS) is 10.9. The van der Waals surface area contributed by atoms with E-state index in [-0.39, 0.29) is 0 Å². The summed E-state index contributed by atoms with van der Waals surface area (Å²) in [4.78, 5) is 30.7. The van der Waals surface area contributed by atoms with E-state index in [9.17, 15) is 39.5 Å². The molecule has 0 bridgehead atoms. The summed E-state index contributed by atoms with van der Waals surface area (Å²) < 4.78 is 95.2. The van der Waals surface area contributed by atoms with Crippen molar-refractivity contribution in [1.82, 2.24) is 4.98 Å². The molecule has 0 fully saturated rings. The Morgan fingerprint density at radius 3 is 1.25 bits per heavy atom. The molecule has 0 spiro atoms. The van der Waals surface area contributed by atoms with Crippen LogP contribution in [0.1, 0.15) is 0 Å². The van der Waals surface area contributed by atoms with Gasteiger partial charge >= 0.3 is 36.4 Å². The highest BCUT2D eigenvalue weighted by molar-refractivity contribution is 5.83. The highest BCUT2D eigenvalue weighted by Gasteiger charge is 2.39. The van der Waals surface area contributed by atoms with Crippen molar-refractivity contribution in [3.05, 3.63) is 36.5 Å². The smallest absolute Gasteiger partial charge is 0.475 e. The van der Waals surface area contributed by atoms with Crippen molar-refractivity contribution < 1.29 is 69.2 Å². The maximum Gasteiger partial charge on any atom is 0.490 e. The van der Waals surface area contributed by atoms with Gasteiger partial charge in [0.25, 0.3) is 0 Å². The molecular formula is C15H11F9N2O6. The van der Waals surface area contributed by atoms with E-state index in [0.29, 0.717) is 5.82 Å². The number of rotatable bonds is 0. The number of nitrogens with two attached hydrogens (primary N) is 1. The zero-order valence-corrected chi connectivity index (χ0v) is 15.0. The van der Waals surface area contributed by atoms with Crippen LogP contribution >= 0.6 is 0 Å². The van der Waals surface area contributed by atoms with Crippen LogP contribution in [0.25, 0.3) is 10.8 Å². The summed E-state index contributed by atoms with van der Waals surface area (Å²) >= 11 is 0. The van der Waals surface area contributed by atoms with E-state index in [1.807, 2.05) is 30.3 Å². The van der Waals surface area contributed by atoms with Crippen LogP contribution in [0.3, 0.4) is 0 Å². The number of halogens is 9. The number of carboxylic acid groups (broad SMARTS) is 3. The van der Waals surface area contributed by atoms with Gasteiger partial charge in [0, 0.05) is 11.6 Å². The molecule has 180 valence electrons. The first-order valence-electron chi connectivity index (χ1n) is 7.20. The van der Waals surface area contributed by atoms with Crippen molar-refractivity contribution in [2.45, 2.75) is 18.5 Å². The van der Waals surface area contributed by atoms with Gasteiger partial charge in [-0.05, 0) is 11.5 Å². The monoisotopic (exact) mass is 486 g/mol. The summed E-state index contributed by atoms with van der Waals surface area (Å²) in [5.41, 5.74) is 5.51. The van der Waals surface area contributed by atoms with Gasteiger partial charge in [0.2, 0.25) is 0 Å². The van der Waals surface area contributed by atoms with Gasteiger partial charge in [-0.25, -0.2) is 19.4 Å². The molecule has 0 amide bonds. The third-order valence-corrected chi connectivity index (χ3v) is 2.38. The largest absolute Gasteiger partial charge is 0.490 e. The van der Waals surface area contributed by atoms with Gasteiger partial charge in [-0.2, -0.15) is 39.5 Å². The molecule has 0 aliphatic carbocycles. The average Bonchev–Trinajstić information content (AvgIpc) is 2.60. The standard InChI is InChI=1S/C9H8N2.3C2HF3O2/c10-9-5-7-3-1-2-4-8(7)6-11-9;3*3-2(4,5)1(6)7/h1-6H,(H2,10,11);3*(H,6,7). The van der Waals surface area contributed by atoms with E-state index in [1.165, 1.54) is 0 Å². The predicted molar refractivity (Wildman–Crippen MR) is 87.2 cm³/mol. The van der Waals surface area contributed by atoms with Crippen molar-refractivity contribution in [3.63, 3.8) is 0 Å². The van der Waals surface area contributed by atoms with Crippen LogP contribution in [0.5, 0.6) is 0 Å². The maximum absolute atomic E-state index is 10.6. The molecule has 8 nitrogen and oxygen atoms in total. The highest BCUT2D eigenvalue weighted by atomic mass is 19.4. The number of carboxylic acids is 3. The average molecular weight is 486 g/mol. The van der Waals surface area contributed by atoms with Gasteiger partial charge in [-0.3, -0.25) is 0 Å². The number of pyridine rings is 1. The van der Waals surface area contributed by atoms with Gasteiger partial charge < -0.3 is 21.1 Å². The molecule has 0 aliphatic rings. The summed E-state index contributed by atoms with van der Waals surface area (Å²) in [6, 6.07) is 9.88. The number of nitrogen functional groups attached to an aromatic ring is 1. The minimum atomic E-state index is -5.08. The maximum atomic E-state index is 10.6. The van der Waals surface area contributed by atoms with E-state index in [0.717, 1.165) is 10.8 Å². The second-order valence-electron chi connectivity index (χ2n) is 4.87. The lowest BCUT2D eigenvalue weighted by atomic mass is 10.2. The molecule has 17 heteroatoms. The Morgan fingerprint density at radius 2 is 0.969 bits per heavy atom. The summed E-state index contributed by atoms with van der Waals surface area (Å²) in [7, 11) is 0. The van der Waals surface area contributed by atoms with Crippen molar-refractivity contribution in [1.29, 1.82) is 0 Å². The number of hydrogen-bond acceptors (Lipinski definition) is 5. The fourth-order valence-corrected chi connectivity index (χ4v) is 1.10. The molecule has 2 rings (SSSR count). The lowest BCUT2D eigenvalue weighted by Gasteiger charge is -1.96. The molecule has 0 unspecified atom stereocenters. The second-order valence-corrected chi connectivity index (χ2v) is 4.87. The minimum Gasteiger partial charge on any atom is -0.475 e. The Hall–Kier alpha value is -3.79. The van der Waals surface area contributed by atoms with Crippen LogP contribution in [0, 0.1) is 0 Å². The highest BCUT2D eigenvalue weighted by Crippen LogP contribution is 2.15. The van der Waals surface area contributed by atoms with Crippen LogP contribution in [0.2, 0.25) is 0 Å².